The van der Waals surface area contributed by atoms with Gasteiger partial charge in [0.25, 0.3) is 0 Å². The molecule has 0 aliphatic rings. The molecule has 0 bridgehead atoms. The van der Waals surface area contributed by atoms with E-state index in [-0.39, 0.29) is 5.75 Å². The molecule has 0 spiro atoms. The molecule has 0 amide bonds. The molecule has 1 atom stereocenters. The highest BCUT2D eigenvalue weighted by Crippen LogP contribution is 2.13. The smallest absolute Gasteiger partial charge is 0.218 e. The highest BCUT2D eigenvalue weighted by atomic mass is 32.2. The van der Waals surface area contributed by atoms with E-state index in [9.17, 15) is 8.42 Å². The van der Waals surface area contributed by atoms with Gasteiger partial charge >= 0.3 is 0 Å². The van der Waals surface area contributed by atoms with Crippen LogP contribution in [0.1, 0.15) is 31.4 Å². The minimum absolute atomic E-state index is 0.0355. The maximum Gasteiger partial charge on any atom is 0.218 e. The average molecular weight is 284 g/mol. The lowest BCUT2D eigenvalue weighted by molar-refractivity contribution is 0.393. The Bertz CT molecular complexity index is 500. The summed E-state index contributed by atoms with van der Waals surface area (Å²) in [6.45, 7) is 5.11. The lowest BCUT2D eigenvalue weighted by Gasteiger charge is -2.20. The number of hydrogen-bond donors (Lipinski definition) is 1. The van der Waals surface area contributed by atoms with Gasteiger partial charge in [-0.2, -0.15) is 0 Å². The molecule has 1 unspecified atom stereocenters. The summed E-state index contributed by atoms with van der Waals surface area (Å²) in [7, 11) is -1.60. The largest absolute Gasteiger partial charge is 0.326 e. The number of hydrogen-bond acceptors (Lipinski definition) is 3. The Morgan fingerprint density at radius 1 is 1.32 bits per heavy atom. The van der Waals surface area contributed by atoms with Crippen molar-refractivity contribution < 1.29 is 8.42 Å². The molecule has 0 saturated carbocycles. The van der Waals surface area contributed by atoms with Gasteiger partial charge in [0.15, 0.2) is 0 Å². The Morgan fingerprint density at radius 3 is 2.53 bits per heavy atom. The van der Waals surface area contributed by atoms with Gasteiger partial charge in [-0.3, -0.25) is 0 Å². The van der Waals surface area contributed by atoms with E-state index in [1.807, 2.05) is 24.3 Å². The first-order valence-corrected chi connectivity index (χ1v) is 8.21. The van der Waals surface area contributed by atoms with Crippen LogP contribution in [0.15, 0.2) is 24.3 Å². The summed E-state index contributed by atoms with van der Waals surface area (Å²) < 4.78 is 25.9. The van der Waals surface area contributed by atoms with Gasteiger partial charge in [-0.25, -0.2) is 12.7 Å². The highest BCUT2D eigenvalue weighted by molar-refractivity contribution is 7.88. The van der Waals surface area contributed by atoms with Crippen LogP contribution < -0.4 is 5.73 Å². The molecular formula is C14H24N2O2S. The number of benzene rings is 1. The lowest BCUT2D eigenvalue weighted by atomic mass is 10.1. The Hall–Kier alpha value is -0.910. The molecule has 1 aromatic rings. The van der Waals surface area contributed by atoms with Gasteiger partial charge in [-0.1, -0.05) is 44.5 Å². The molecule has 0 heterocycles. The Labute approximate surface area is 116 Å². The summed E-state index contributed by atoms with van der Waals surface area (Å²) in [5.74, 6) is 0.406. The minimum atomic E-state index is -3.25. The predicted octanol–water partition coefficient (Wildman–Crippen LogP) is 1.95. The van der Waals surface area contributed by atoms with Crippen molar-refractivity contribution in [1.82, 2.24) is 4.31 Å². The molecular weight excluding hydrogens is 260 g/mol. The number of sulfonamides is 1. The van der Waals surface area contributed by atoms with Crippen molar-refractivity contribution >= 4 is 10.0 Å². The van der Waals surface area contributed by atoms with Gasteiger partial charge in [-0.05, 0) is 17.0 Å². The van der Waals surface area contributed by atoms with Crippen LogP contribution in [0.25, 0.3) is 0 Å². The van der Waals surface area contributed by atoms with Crippen molar-refractivity contribution in [3.63, 3.8) is 0 Å². The first kappa shape index (κ1) is 16.1. The van der Waals surface area contributed by atoms with E-state index in [0.717, 1.165) is 17.5 Å². The Kier molecular flexibility index (Phi) is 5.97. The SMILES string of the molecule is CCC(C)CN(C)S(=O)(=O)Cc1cccc(CN)c1. The van der Waals surface area contributed by atoms with Gasteiger partial charge in [-0.15, -0.1) is 0 Å². The molecule has 0 radical (unpaired) electrons. The minimum Gasteiger partial charge on any atom is -0.326 e. The quantitative estimate of drug-likeness (QED) is 0.832. The van der Waals surface area contributed by atoms with Crippen LogP contribution in [-0.4, -0.2) is 26.3 Å². The van der Waals surface area contributed by atoms with E-state index in [0.29, 0.717) is 19.0 Å². The zero-order valence-corrected chi connectivity index (χ0v) is 12.8. The normalized spacial score (nSPS) is 13.7. The maximum atomic E-state index is 12.2. The number of rotatable bonds is 7. The fourth-order valence-electron chi connectivity index (χ4n) is 1.85. The van der Waals surface area contributed by atoms with Crippen molar-refractivity contribution in [2.45, 2.75) is 32.6 Å². The van der Waals surface area contributed by atoms with Crippen LogP contribution in [0.2, 0.25) is 0 Å². The molecule has 5 heteroatoms. The van der Waals surface area contributed by atoms with Gasteiger partial charge < -0.3 is 5.73 Å². The van der Waals surface area contributed by atoms with Crippen LogP contribution >= 0.6 is 0 Å². The summed E-state index contributed by atoms with van der Waals surface area (Å²) in [6, 6.07) is 7.43. The third-order valence-corrected chi connectivity index (χ3v) is 5.11. The lowest BCUT2D eigenvalue weighted by Crippen LogP contribution is -2.32. The Balaban J connectivity index is 2.78. The molecule has 0 aliphatic carbocycles. The van der Waals surface area contributed by atoms with Crippen molar-refractivity contribution in [2.75, 3.05) is 13.6 Å². The predicted molar refractivity (Wildman–Crippen MR) is 79.0 cm³/mol. The van der Waals surface area contributed by atoms with Gasteiger partial charge in [0.2, 0.25) is 10.0 Å². The summed E-state index contributed by atoms with van der Waals surface area (Å²) in [6.07, 6.45) is 0.975. The van der Waals surface area contributed by atoms with E-state index >= 15 is 0 Å². The number of nitrogens with two attached hydrogens (primary N) is 1. The Morgan fingerprint density at radius 2 is 1.95 bits per heavy atom. The summed E-state index contributed by atoms with van der Waals surface area (Å²) in [5, 5.41) is 0. The van der Waals surface area contributed by atoms with Gasteiger partial charge in [0.1, 0.15) is 0 Å². The molecule has 0 aliphatic heterocycles. The van der Waals surface area contributed by atoms with E-state index in [4.69, 9.17) is 5.73 Å². The molecule has 0 saturated heterocycles. The zero-order valence-electron chi connectivity index (χ0n) is 12.0. The van der Waals surface area contributed by atoms with Crippen molar-refractivity contribution in [1.29, 1.82) is 0 Å². The third-order valence-electron chi connectivity index (χ3n) is 3.32. The van der Waals surface area contributed by atoms with Crippen LogP contribution in [0.5, 0.6) is 0 Å². The molecule has 108 valence electrons. The van der Waals surface area contributed by atoms with E-state index in [1.54, 1.807) is 7.05 Å². The second-order valence-corrected chi connectivity index (χ2v) is 7.15. The van der Waals surface area contributed by atoms with Gasteiger partial charge in [0, 0.05) is 20.1 Å². The molecule has 2 N–H and O–H groups in total. The first-order chi connectivity index (χ1) is 8.89. The molecule has 4 nitrogen and oxygen atoms in total. The highest BCUT2D eigenvalue weighted by Gasteiger charge is 2.20. The van der Waals surface area contributed by atoms with E-state index < -0.39 is 10.0 Å². The van der Waals surface area contributed by atoms with Crippen LogP contribution in [0.3, 0.4) is 0 Å². The van der Waals surface area contributed by atoms with Crippen molar-refractivity contribution in [3.05, 3.63) is 35.4 Å². The summed E-state index contributed by atoms with van der Waals surface area (Å²) >= 11 is 0. The van der Waals surface area contributed by atoms with Crippen molar-refractivity contribution in [3.8, 4) is 0 Å². The topological polar surface area (TPSA) is 63.4 Å². The van der Waals surface area contributed by atoms with E-state index in [1.165, 1.54) is 4.31 Å². The standard InChI is InChI=1S/C14H24N2O2S/c1-4-12(2)10-16(3)19(17,18)11-14-7-5-6-13(8-14)9-15/h5-8,12H,4,9-11,15H2,1-3H3. The van der Waals surface area contributed by atoms with Crippen LogP contribution in [-0.2, 0) is 22.3 Å². The zero-order chi connectivity index (χ0) is 14.5. The molecule has 0 fully saturated rings. The molecule has 19 heavy (non-hydrogen) atoms. The molecule has 1 aromatic carbocycles. The third kappa shape index (κ3) is 4.93. The molecule has 0 aromatic heterocycles. The first-order valence-electron chi connectivity index (χ1n) is 6.61. The average Bonchev–Trinajstić information content (AvgIpc) is 2.38. The summed E-state index contributed by atoms with van der Waals surface area (Å²) in [4.78, 5) is 0. The summed E-state index contributed by atoms with van der Waals surface area (Å²) in [5.41, 5.74) is 7.31. The van der Waals surface area contributed by atoms with Crippen LogP contribution in [0, 0.1) is 5.92 Å². The monoisotopic (exact) mass is 284 g/mol. The van der Waals surface area contributed by atoms with Gasteiger partial charge in [0.05, 0.1) is 5.75 Å². The maximum absolute atomic E-state index is 12.2. The van der Waals surface area contributed by atoms with Crippen molar-refractivity contribution in [2.24, 2.45) is 11.7 Å². The second-order valence-electron chi connectivity index (χ2n) is 5.07. The second kappa shape index (κ2) is 7.03. The fourth-order valence-corrected chi connectivity index (χ4v) is 3.15. The van der Waals surface area contributed by atoms with E-state index in [2.05, 4.69) is 13.8 Å². The molecule has 1 rings (SSSR count). The van der Waals surface area contributed by atoms with Crippen LogP contribution in [0.4, 0.5) is 0 Å². The number of nitrogens with zero attached hydrogens (tertiary/aromatic N) is 1. The fraction of sp³-hybridized carbons (Fsp3) is 0.571.